The van der Waals surface area contributed by atoms with E-state index in [2.05, 4.69) is 16.5 Å². The number of nitrogens with zero attached hydrogens (tertiary/aromatic N) is 2. The lowest BCUT2D eigenvalue weighted by Crippen LogP contribution is -2.30. The zero-order valence-electron chi connectivity index (χ0n) is 9.81. The zero-order chi connectivity index (χ0) is 12.3. The standard InChI is InChI=1S/C13H15N3O/c1-3-7-16(4-2)13(17)10-5-6-11-12(8-10)15-9-14-11/h3,5-6,8-9H,1,4,7H2,2H3,(H,14,15). The first kappa shape index (κ1) is 11.4. The molecule has 0 aliphatic rings. The van der Waals surface area contributed by atoms with Crippen molar-refractivity contribution in [3.8, 4) is 0 Å². The number of likely N-dealkylation sites (N-methyl/N-ethyl adjacent to an activating group) is 1. The minimum Gasteiger partial charge on any atom is -0.345 e. The minimum atomic E-state index is 0.0175. The van der Waals surface area contributed by atoms with Gasteiger partial charge in [-0.25, -0.2) is 4.98 Å². The molecule has 17 heavy (non-hydrogen) atoms. The molecule has 4 nitrogen and oxygen atoms in total. The van der Waals surface area contributed by atoms with E-state index in [1.165, 1.54) is 0 Å². The molecule has 0 saturated carbocycles. The predicted molar refractivity (Wildman–Crippen MR) is 67.9 cm³/mol. The van der Waals surface area contributed by atoms with Gasteiger partial charge in [0.1, 0.15) is 0 Å². The Hall–Kier alpha value is -2.10. The molecule has 1 aromatic heterocycles. The van der Waals surface area contributed by atoms with Crippen LogP contribution in [0.1, 0.15) is 17.3 Å². The Kier molecular flexibility index (Phi) is 3.23. The van der Waals surface area contributed by atoms with E-state index in [1.807, 2.05) is 19.1 Å². The van der Waals surface area contributed by atoms with Gasteiger partial charge >= 0.3 is 0 Å². The first-order valence-electron chi connectivity index (χ1n) is 5.59. The summed E-state index contributed by atoms with van der Waals surface area (Å²) in [5.74, 6) is 0.0175. The number of amides is 1. The van der Waals surface area contributed by atoms with Crippen LogP contribution in [0.25, 0.3) is 11.0 Å². The molecule has 1 amide bonds. The van der Waals surface area contributed by atoms with Crippen LogP contribution in [0.2, 0.25) is 0 Å². The van der Waals surface area contributed by atoms with Crippen molar-refractivity contribution >= 4 is 16.9 Å². The predicted octanol–water partition coefficient (Wildman–Crippen LogP) is 2.21. The van der Waals surface area contributed by atoms with Gasteiger partial charge in [-0.15, -0.1) is 6.58 Å². The molecule has 2 aromatic rings. The molecule has 0 fully saturated rings. The van der Waals surface area contributed by atoms with Crippen LogP contribution in [-0.2, 0) is 0 Å². The number of hydrogen-bond acceptors (Lipinski definition) is 2. The van der Waals surface area contributed by atoms with Crippen LogP contribution in [0.3, 0.4) is 0 Å². The number of hydrogen-bond donors (Lipinski definition) is 1. The fraction of sp³-hybridized carbons (Fsp3) is 0.231. The summed E-state index contributed by atoms with van der Waals surface area (Å²) >= 11 is 0. The van der Waals surface area contributed by atoms with E-state index in [4.69, 9.17) is 0 Å². The van der Waals surface area contributed by atoms with Crippen LogP contribution in [0.4, 0.5) is 0 Å². The second-order valence-electron chi connectivity index (χ2n) is 3.77. The fourth-order valence-corrected chi connectivity index (χ4v) is 1.76. The molecule has 0 bridgehead atoms. The molecule has 0 aliphatic heterocycles. The third-order valence-corrected chi connectivity index (χ3v) is 2.69. The smallest absolute Gasteiger partial charge is 0.254 e. The highest BCUT2D eigenvalue weighted by Crippen LogP contribution is 2.13. The van der Waals surface area contributed by atoms with Crippen LogP contribution < -0.4 is 0 Å². The SMILES string of the molecule is C=CCN(CC)C(=O)c1ccc2nc[nH]c2c1. The highest BCUT2D eigenvalue weighted by molar-refractivity contribution is 5.97. The van der Waals surface area contributed by atoms with Crippen molar-refractivity contribution in [3.05, 3.63) is 42.7 Å². The molecular weight excluding hydrogens is 214 g/mol. The third-order valence-electron chi connectivity index (χ3n) is 2.69. The maximum atomic E-state index is 12.2. The molecule has 1 N–H and O–H groups in total. The number of fused-ring (bicyclic) bond motifs is 1. The van der Waals surface area contributed by atoms with E-state index in [1.54, 1.807) is 23.4 Å². The lowest BCUT2D eigenvalue weighted by atomic mass is 10.1. The van der Waals surface area contributed by atoms with Gasteiger partial charge in [0.2, 0.25) is 0 Å². The molecule has 0 spiro atoms. The Balaban J connectivity index is 2.31. The number of aromatic amines is 1. The Labute approximate surface area is 100.0 Å². The number of benzene rings is 1. The van der Waals surface area contributed by atoms with Crippen LogP contribution in [0, 0.1) is 0 Å². The van der Waals surface area contributed by atoms with E-state index >= 15 is 0 Å². The number of nitrogens with one attached hydrogen (secondary N) is 1. The van der Waals surface area contributed by atoms with Gasteiger partial charge in [-0.1, -0.05) is 6.08 Å². The molecule has 0 radical (unpaired) electrons. The topological polar surface area (TPSA) is 49.0 Å². The van der Waals surface area contributed by atoms with Crippen molar-refractivity contribution in [2.24, 2.45) is 0 Å². The third kappa shape index (κ3) is 2.20. The largest absolute Gasteiger partial charge is 0.345 e. The maximum absolute atomic E-state index is 12.2. The lowest BCUT2D eigenvalue weighted by molar-refractivity contribution is 0.0782. The number of H-pyrrole nitrogens is 1. The average Bonchev–Trinajstić information content (AvgIpc) is 2.82. The van der Waals surface area contributed by atoms with Gasteiger partial charge < -0.3 is 9.88 Å². The number of carbonyl (C=O) groups is 1. The highest BCUT2D eigenvalue weighted by Gasteiger charge is 2.13. The molecule has 4 heteroatoms. The van der Waals surface area contributed by atoms with Crippen LogP contribution in [0.5, 0.6) is 0 Å². The van der Waals surface area contributed by atoms with Crippen molar-refractivity contribution in [1.82, 2.24) is 14.9 Å². The first-order valence-corrected chi connectivity index (χ1v) is 5.59. The van der Waals surface area contributed by atoms with Gasteiger partial charge in [-0.2, -0.15) is 0 Å². The van der Waals surface area contributed by atoms with Crippen LogP contribution in [-0.4, -0.2) is 33.9 Å². The summed E-state index contributed by atoms with van der Waals surface area (Å²) in [6, 6.07) is 5.48. The van der Waals surface area contributed by atoms with Gasteiger partial charge in [0.05, 0.1) is 17.4 Å². The van der Waals surface area contributed by atoms with Crippen molar-refractivity contribution in [1.29, 1.82) is 0 Å². The summed E-state index contributed by atoms with van der Waals surface area (Å²) in [6.45, 7) is 6.85. The zero-order valence-corrected chi connectivity index (χ0v) is 9.81. The van der Waals surface area contributed by atoms with E-state index in [0.717, 1.165) is 11.0 Å². The Bertz CT molecular complexity index is 544. The number of rotatable bonds is 4. The van der Waals surface area contributed by atoms with Crippen molar-refractivity contribution in [2.75, 3.05) is 13.1 Å². The lowest BCUT2D eigenvalue weighted by Gasteiger charge is -2.18. The number of carbonyl (C=O) groups excluding carboxylic acids is 1. The maximum Gasteiger partial charge on any atom is 0.254 e. The second kappa shape index (κ2) is 4.82. The van der Waals surface area contributed by atoms with Gasteiger partial charge in [0.25, 0.3) is 5.91 Å². The summed E-state index contributed by atoms with van der Waals surface area (Å²) in [5.41, 5.74) is 2.42. The quantitative estimate of drug-likeness (QED) is 0.817. The summed E-state index contributed by atoms with van der Waals surface area (Å²) in [7, 11) is 0. The average molecular weight is 229 g/mol. The normalized spacial score (nSPS) is 10.4. The van der Waals surface area contributed by atoms with Crippen LogP contribution in [0.15, 0.2) is 37.2 Å². The summed E-state index contributed by atoms with van der Waals surface area (Å²) in [6.07, 6.45) is 3.36. The Morgan fingerprint density at radius 1 is 1.59 bits per heavy atom. The summed E-state index contributed by atoms with van der Waals surface area (Å²) in [5, 5.41) is 0. The van der Waals surface area contributed by atoms with Gasteiger partial charge in [-0.05, 0) is 25.1 Å². The van der Waals surface area contributed by atoms with E-state index in [0.29, 0.717) is 18.7 Å². The van der Waals surface area contributed by atoms with Crippen LogP contribution >= 0.6 is 0 Å². The number of aromatic nitrogens is 2. The molecule has 88 valence electrons. The fourth-order valence-electron chi connectivity index (χ4n) is 1.76. The summed E-state index contributed by atoms with van der Waals surface area (Å²) < 4.78 is 0. The minimum absolute atomic E-state index is 0.0175. The molecule has 2 rings (SSSR count). The molecule has 1 aromatic carbocycles. The molecule has 1 heterocycles. The van der Waals surface area contributed by atoms with Gasteiger partial charge in [0, 0.05) is 18.7 Å². The molecular formula is C13H15N3O. The first-order chi connectivity index (χ1) is 8.26. The Morgan fingerprint density at radius 3 is 3.12 bits per heavy atom. The van der Waals surface area contributed by atoms with E-state index < -0.39 is 0 Å². The van der Waals surface area contributed by atoms with E-state index in [9.17, 15) is 4.79 Å². The van der Waals surface area contributed by atoms with Gasteiger partial charge in [0.15, 0.2) is 0 Å². The summed E-state index contributed by atoms with van der Waals surface area (Å²) in [4.78, 5) is 21.0. The molecule has 0 unspecified atom stereocenters. The number of imidazole rings is 1. The van der Waals surface area contributed by atoms with Gasteiger partial charge in [-0.3, -0.25) is 4.79 Å². The van der Waals surface area contributed by atoms with Crippen molar-refractivity contribution in [3.63, 3.8) is 0 Å². The van der Waals surface area contributed by atoms with Crippen molar-refractivity contribution in [2.45, 2.75) is 6.92 Å². The second-order valence-corrected chi connectivity index (χ2v) is 3.77. The van der Waals surface area contributed by atoms with E-state index in [-0.39, 0.29) is 5.91 Å². The molecule has 0 aliphatic carbocycles. The van der Waals surface area contributed by atoms with Crippen molar-refractivity contribution < 1.29 is 4.79 Å². The highest BCUT2D eigenvalue weighted by atomic mass is 16.2. The molecule has 0 saturated heterocycles. The Morgan fingerprint density at radius 2 is 2.41 bits per heavy atom. The monoisotopic (exact) mass is 229 g/mol. The molecule has 0 atom stereocenters.